The summed E-state index contributed by atoms with van der Waals surface area (Å²) in [6.07, 6.45) is -0.452. The summed E-state index contributed by atoms with van der Waals surface area (Å²) in [6.45, 7) is 0.798. The van der Waals surface area contributed by atoms with Crippen LogP contribution < -0.4 is 4.74 Å². The minimum Gasteiger partial charge on any atom is -0.484 e. The van der Waals surface area contributed by atoms with Gasteiger partial charge >= 0.3 is 0 Å². The largest absolute Gasteiger partial charge is 0.484 e. The molecular weight excluding hydrogens is 290 g/mol. The normalized spacial score (nSPS) is 14.8. The van der Waals surface area contributed by atoms with Crippen LogP contribution in [0, 0.1) is 0 Å². The molecule has 0 amide bonds. The van der Waals surface area contributed by atoms with Crippen LogP contribution >= 0.6 is 11.3 Å². The van der Waals surface area contributed by atoms with Gasteiger partial charge in [0.05, 0.1) is 1.37 Å². The summed E-state index contributed by atoms with van der Waals surface area (Å²) in [5.41, 5.74) is 0. The zero-order chi connectivity index (χ0) is 16.3. The van der Waals surface area contributed by atoms with Crippen molar-refractivity contribution in [3.05, 3.63) is 64.9 Å². The topological polar surface area (TPSA) is 12.5 Å². The number of ether oxygens (including phenoxy) is 1. The Hall–Kier alpha value is -1.84. The van der Waals surface area contributed by atoms with Crippen molar-refractivity contribution in [3.8, 4) is 5.75 Å². The highest BCUT2D eigenvalue weighted by atomic mass is 32.1. The van der Waals surface area contributed by atoms with Gasteiger partial charge in [0, 0.05) is 23.2 Å². The van der Waals surface area contributed by atoms with Crippen LogP contribution in [-0.2, 0) is 0 Å². The molecule has 0 bridgehead atoms. The minimum atomic E-state index is -1.07. The van der Waals surface area contributed by atoms with E-state index in [4.69, 9.17) is 6.11 Å². The molecule has 2 aromatic carbocycles. The Morgan fingerprint density at radius 1 is 1.09 bits per heavy atom. The van der Waals surface area contributed by atoms with Gasteiger partial charge in [-0.3, -0.25) is 0 Å². The van der Waals surface area contributed by atoms with Gasteiger partial charge in [-0.1, -0.05) is 42.5 Å². The molecule has 3 heteroatoms. The Balaban J connectivity index is 1.97. The maximum Gasteiger partial charge on any atom is 0.134 e. The SMILES string of the molecule is [2H]C(CCN(C)C)(Oc1cccc2ccccc12)c1cccs1. The van der Waals surface area contributed by atoms with E-state index in [2.05, 4.69) is 17.0 Å². The van der Waals surface area contributed by atoms with E-state index < -0.39 is 6.08 Å². The Morgan fingerprint density at radius 3 is 2.68 bits per heavy atom. The Kier molecular flexibility index (Phi) is 4.36. The molecule has 0 radical (unpaired) electrons. The van der Waals surface area contributed by atoms with Gasteiger partial charge in [-0.25, -0.2) is 0 Å². The number of thiophene rings is 1. The summed E-state index contributed by atoms with van der Waals surface area (Å²) < 4.78 is 15.2. The Labute approximate surface area is 137 Å². The van der Waals surface area contributed by atoms with E-state index in [9.17, 15) is 0 Å². The van der Waals surface area contributed by atoms with Gasteiger partial charge < -0.3 is 9.64 Å². The number of rotatable bonds is 6. The zero-order valence-electron chi connectivity index (χ0n) is 14.0. The molecule has 1 heterocycles. The molecule has 0 fully saturated rings. The summed E-state index contributed by atoms with van der Waals surface area (Å²) in [6, 6.07) is 18.1. The molecule has 2 nitrogen and oxygen atoms in total. The molecule has 1 atom stereocenters. The van der Waals surface area contributed by atoms with Crippen LogP contribution in [0.3, 0.4) is 0 Å². The van der Waals surface area contributed by atoms with Crippen LogP contribution in [0.15, 0.2) is 60.0 Å². The molecule has 0 saturated heterocycles. The predicted molar refractivity (Wildman–Crippen MR) is 94.8 cm³/mol. The van der Waals surface area contributed by atoms with Crippen molar-refractivity contribution >= 4 is 22.1 Å². The molecule has 1 unspecified atom stereocenters. The summed E-state index contributed by atoms with van der Waals surface area (Å²) in [5.74, 6) is 0.769. The molecule has 0 aliphatic heterocycles. The molecule has 0 aliphatic rings. The second-order valence-electron chi connectivity index (χ2n) is 5.53. The average Bonchev–Trinajstić information content (AvgIpc) is 3.09. The monoisotopic (exact) mass is 312 g/mol. The van der Waals surface area contributed by atoms with Crippen molar-refractivity contribution in [2.45, 2.75) is 12.5 Å². The van der Waals surface area contributed by atoms with Gasteiger partial charge in [0.2, 0.25) is 0 Å². The maximum atomic E-state index is 8.95. The summed E-state index contributed by atoms with van der Waals surface area (Å²) in [4.78, 5) is 3.02. The number of benzene rings is 2. The van der Waals surface area contributed by atoms with Gasteiger partial charge in [0.1, 0.15) is 11.8 Å². The van der Waals surface area contributed by atoms with Crippen molar-refractivity contribution in [1.29, 1.82) is 0 Å². The van der Waals surface area contributed by atoms with Gasteiger partial charge in [0.15, 0.2) is 0 Å². The van der Waals surface area contributed by atoms with Gasteiger partial charge in [0.25, 0.3) is 0 Å². The maximum absolute atomic E-state index is 8.95. The van der Waals surface area contributed by atoms with Crippen molar-refractivity contribution in [2.75, 3.05) is 20.6 Å². The van der Waals surface area contributed by atoms with Crippen LogP contribution in [0.25, 0.3) is 10.8 Å². The first-order valence-corrected chi connectivity index (χ1v) is 8.32. The van der Waals surface area contributed by atoms with E-state index >= 15 is 0 Å². The summed E-state index contributed by atoms with van der Waals surface area (Å²) in [7, 11) is 4.04. The van der Waals surface area contributed by atoms with E-state index in [1.54, 1.807) is 11.3 Å². The van der Waals surface area contributed by atoms with E-state index in [0.717, 1.165) is 27.9 Å². The zero-order valence-corrected chi connectivity index (χ0v) is 13.8. The molecule has 3 rings (SSSR count). The van der Waals surface area contributed by atoms with E-state index in [1.165, 1.54) is 0 Å². The lowest BCUT2D eigenvalue weighted by molar-refractivity contribution is 0.185. The van der Waals surface area contributed by atoms with Crippen LogP contribution in [0.2, 0.25) is 0 Å². The summed E-state index contributed by atoms with van der Waals surface area (Å²) >= 11 is 1.58. The molecular formula is C19H21NOS. The fraction of sp³-hybridized carbons (Fsp3) is 0.263. The van der Waals surface area contributed by atoms with Crippen LogP contribution in [0.5, 0.6) is 5.75 Å². The first-order valence-electron chi connectivity index (χ1n) is 7.94. The van der Waals surface area contributed by atoms with Gasteiger partial charge in [-0.15, -0.1) is 11.3 Å². The van der Waals surface area contributed by atoms with Crippen molar-refractivity contribution in [1.82, 2.24) is 4.90 Å². The molecule has 22 heavy (non-hydrogen) atoms. The lowest BCUT2D eigenvalue weighted by Gasteiger charge is -2.21. The molecule has 1 aromatic heterocycles. The fourth-order valence-corrected chi connectivity index (χ4v) is 3.14. The summed E-state index contributed by atoms with van der Waals surface area (Å²) in [5, 5.41) is 4.18. The van der Waals surface area contributed by atoms with E-state index in [-0.39, 0.29) is 0 Å². The second-order valence-corrected chi connectivity index (χ2v) is 6.48. The van der Waals surface area contributed by atoms with Crippen LogP contribution in [0.1, 0.15) is 18.7 Å². The molecule has 0 spiro atoms. The molecule has 114 valence electrons. The average molecular weight is 312 g/mol. The number of fused-ring (bicyclic) bond motifs is 1. The number of hydrogen-bond acceptors (Lipinski definition) is 3. The van der Waals surface area contributed by atoms with Gasteiger partial charge in [-0.05, 0) is 37.0 Å². The first kappa shape index (κ1) is 13.8. The first-order chi connectivity index (χ1) is 11.1. The second kappa shape index (κ2) is 6.95. The Morgan fingerprint density at radius 2 is 1.91 bits per heavy atom. The third-order valence-electron chi connectivity index (χ3n) is 3.56. The molecule has 0 saturated carbocycles. The third kappa shape index (κ3) is 3.49. The highest BCUT2D eigenvalue weighted by molar-refractivity contribution is 7.10. The van der Waals surface area contributed by atoms with Crippen LogP contribution in [0.4, 0.5) is 0 Å². The Bertz CT molecular complexity index is 767. The fourth-order valence-electron chi connectivity index (χ4n) is 2.40. The molecule has 3 aromatic rings. The lowest BCUT2D eigenvalue weighted by atomic mass is 10.1. The lowest BCUT2D eigenvalue weighted by Crippen LogP contribution is -2.18. The van der Waals surface area contributed by atoms with Crippen LogP contribution in [-0.4, -0.2) is 25.5 Å². The van der Waals surface area contributed by atoms with Crippen molar-refractivity contribution in [2.24, 2.45) is 0 Å². The predicted octanol–water partition coefficient (Wildman–Crippen LogP) is 4.97. The number of hydrogen-bond donors (Lipinski definition) is 0. The third-order valence-corrected chi connectivity index (χ3v) is 4.48. The molecule has 0 N–H and O–H groups in total. The molecule has 0 aliphatic carbocycles. The standard InChI is InChI=1S/C19H21NOS/c1-20(2)13-12-18(19-11-6-14-22-19)21-17-10-5-8-15-7-3-4-9-16(15)17/h3-11,14,18H,12-13H2,1-2H3/i18D. The van der Waals surface area contributed by atoms with E-state index in [0.29, 0.717) is 6.42 Å². The van der Waals surface area contributed by atoms with Gasteiger partial charge in [-0.2, -0.15) is 0 Å². The quantitative estimate of drug-likeness (QED) is 0.637. The van der Waals surface area contributed by atoms with Crippen molar-refractivity contribution in [3.63, 3.8) is 0 Å². The highest BCUT2D eigenvalue weighted by Gasteiger charge is 2.16. The smallest absolute Gasteiger partial charge is 0.134 e. The highest BCUT2D eigenvalue weighted by Crippen LogP contribution is 2.32. The minimum absolute atomic E-state index is 0.615. The van der Waals surface area contributed by atoms with E-state index in [1.807, 2.05) is 61.9 Å². The number of nitrogens with zero attached hydrogens (tertiary/aromatic N) is 1. The van der Waals surface area contributed by atoms with Crippen molar-refractivity contribution < 1.29 is 6.11 Å².